The molecule has 2 aliphatic rings. The fourth-order valence-corrected chi connectivity index (χ4v) is 5.72. The van der Waals surface area contributed by atoms with Gasteiger partial charge in [-0.1, -0.05) is 12.1 Å². The zero-order valence-electron chi connectivity index (χ0n) is 19.1. The van der Waals surface area contributed by atoms with Crippen LogP contribution in [-0.2, 0) is 21.2 Å². The predicted octanol–water partition coefficient (Wildman–Crippen LogP) is 3.84. The highest BCUT2D eigenvalue weighted by Crippen LogP contribution is 2.31. The molecule has 176 valence electrons. The van der Waals surface area contributed by atoms with Crippen LogP contribution in [0.4, 0.5) is 17.2 Å². The number of hydrogen-bond acceptors (Lipinski definition) is 6. The molecule has 5 rings (SSSR count). The highest BCUT2D eigenvalue weighted by atomic mass is 32.2. The fraction of sp³-hybridized carbons (Fsp3) is 0.320. The average Bonchev–Trinajstić information content (AvgIpc) is 3.38. The quantitative estimate of drug-likeness (QED) is 0.600. The SMILES string of the molecule is CC(=O)N1CCCc2cc(S(=O)(=O)Nc3cccc(-c4ccc(N5CCCC5)nn4)c3)ccc21. The minimum absolute atomic E-state index is 0.0388. The van der Waals surface area contributed by atoms with Gasteiger partial charge in [0.05, 0.1) is 10.6 Å². The molecule has 1 N–H and O–H groups in total. The third-order valence-corrected chi connectivity index (χ3v) is 7.73. The van der Waals surface area contributed by atoms with Gasteiger partial charge in [-0.3, -0.25) is 9.52 Å². The van der Waals surface area contributed by atoms with E-state index in [0.717, 1.165) is 48.6 Å². The molecule has 0 bridgehead atoms. The lowest BCUT2D eigenvalue weighted by atomic mass is 10.0. The molecule has 0 atom stereocenters. The summed E-state index contributed by atoms with van der Waals surface area (Å²) in [5.41, 5.74) is 3.57. The number of nitrogens with zero attached hydrogens (tertiary/aromatic N) is 4. The van der Waals surface area contributed by atoms with E-state index < -0.39 is 10.0 Å². The number of carbonyl (C=O) groups excluding carboxylic acids is 1. The Morgan fingerprint density at radius 2 is 1.76 bits per heavy atom. The van der Waals surface area contributed by atoms with Gasteiger partial charge < -0.3 is 9.80 Å². The normalized spacial score (nSPS) is 15.8. The number of rotatable bonds is 5. The van der Waals surface area contributed by atoms with Gasteiger partial charge in [-0.05, 0) is 73.7 Å². The summed E-state index contributed by atoms with van der Waals surface area (Å²) in [6, 6.07) is 16.0. The first-order valence-corrected chi connectivity index (χ1v) is 13.0. The molecule has 9 heteroatoms. The molecular weight excluding hydrogens is 450 g/mol. The van der Waals surface area contributed by atoms with Gasteiger partial charge >= 0.3 is 0 Å². The van der Waals surface area contributed by atoms with Crippen LogP contribution in [0.2, 0.25) is 0 Å². The van der Waals surface area contributed by atoms with Crippen LogP contribution in [0.25, 0.3) is 11.3 Å². The Hall–Kier alpha value is -3.46. The molecular formula is C25H27N5O3S. The summed E-state index contributed by atoms with van der Waals surface area (Å²) >= 11 is 0. The maximum Gasteiger partial charge on any atom is 0.261 e. The Bertz CT molecular complexity index is 1320. The summed E-state index contributed by atoms with van der Waals surface area (Å²) in [7, 11) is -3.80. The maximum absolute atomic E-state index is 13.1. The number of aryl methyl sites for hydroxylation is 1. The number of anilines is 3. The molecule has 2 aromatic carbocycles. The molecule has 1 saturated heterocycles. The van der Waals surface area contributed by atoms with Crippen molar-refractivity contribution in [1.82, 2.24) is 10.2 Å². The average molecular weight is 478 g/mol. The molecule has 0 radical (unpaired) electrons. The van der Waals surface area contributed by atoms with E-state index in [4.69, 9.17) is 0 Å². The van der Waals surface area contributed by atoms with Crippen molar-refractivity contribution in [3.63, 3.8) is 0 Å². The summed E-state index contributed by atoms with van der Waals surface area (Å²) in [6.07, 6.45) is 3.89. The van der Waals surface area contributed by atoms with E-state index >= 15 is 0 Å². The number of sulfonamides is 1. The molecule has 34 heavy (non-hydrogen) atoms. The molecule has 3 aromatic rings. The standard InChI is InChI=1S/C25H27N5O3S/c1-18(31)30-15-5-7-20-17-22(9-11-24(20)30)34(32,33)28-21-8-4-6-19(16-21)23-10-12-25(27-26-23)29-13-2-3-14-29/h4,6,8-12,16-17,28H,2-3,5,7,13-15H2,1H3. The van der Waals surface area contributed by atoms with Gasteiger partial charge in [-0.2, -0.15) is 0 Å². The van der Waals surface area contributed by atoms with Crippen LogP contribution < -0.4 is 14.5 Å². The van der Waals surface area contributed by atoms with Gasteiger partial charge in [-0.25, -0.2) is 8.42 Å². The van der Waals surface area contributed by atoms with E-state index in [1.807, 2.05) is 18.2 Å². The number of benzene rings is 2. The summed E-state index contributed by atoms with van der Waals surface area (Å²) in [4.78, 5) is 16.0. The first-order valence-electron chi connectivity index (χ1n) is 11.5. The molecule has 8 nitrogen and oxygen atoms in total. The lowest BCUT2D eigenvalue weighted by Gasteiger charge is -2.28. The van der Waals surface area contributed by atoms with Crippen molar-refractivity contribution in [2.24, 2.45) is 0 Å². The second kappa shape index (κ2) is 9.06. The Morgan fingerprint density at radius 3 is 2.50 bits per heavy atom. The smallest absolute Gasteiger partial charge is 0.261 e. The van der Waals surface area contributed by atoms with E-state index in [1.165, 1.54) is 19.8 Å². The number of aromatic nitrogens is 2. The van der Waals surface area contributed by atoms with Gasteiger partial charge in [0.1, 0.15) is 0 Å². The van der Waals surface area contributed by atoms with Crippen LogP contribution >= 0.6 is 0 Å². The topological polar surface area (TPSA) is 95.5 Å². The maximum atomic E-state index is 13.1. The summed E-state index contributed by atoms with van der Waals surface area (Å²) in [5.74, 6) is 0.830. The molecule has 2 aliphatic heterocycles. The van der Waals surface area contributed by atoms with E-state index in [9.17, 15) is 13.2 Å². The largest absolute Gasteiger partial charge is 0.355 e. The monoisotopic (exact) mass is 477 g/mol. The van der Waals surface area contributed by atoms with Crippen molar-refractivity contribution >= 4 is 33.1 Å². The first-order chi connectivity index (χ1) is 16.4. The minimum Gasteiger partial charge on any atom is -0.355 e. The van der Waals surface area contributed by atoms with Gasteiger partial charge in [0.15, 0.2) is 5.82 Å². The molecule has 1 amide bonds. The Balaban J connectivity index is 1.36. The third-order valence-electron chi connectivity index (χ3n) is 6.35. The van der Waals surface area contributed by atoms with Crippen molar-refractivity contribution in [2.45, 2.75) is 37.5 Å². The number of fused-ring (bicyclic) bond motifs is 1. The van der Waals surface area contributed by atoms with E-state index in [1.54, 1.807) is 41.3 Å². The highest BCUT2D eigenvalue weighted by molar-refractivity contribution is 7.92. The Morgan fingerprint density at radius 1 is 0.941 bits per heavy atom. The molecule has 3 heterocycles. The summed E-state index contributed by atoms with van der Waals surface area (Å²) < 4.78 is 28.9. The van der Waals surface area contributed by atoms with Crippen molar-refractivity contribution in [3.05, 3.63) is 60.2 Å². The van der Waals surface area contributed by atoms with Crippen LogP contribution in [0.3, 0.4) is 0 Å². The molecule has 1 fully saturated rings. The third kappa shape index (κ3) is 4.48. The summed E-state index contributed by atoms with van der Waals surface area (Å²) in [5, 5.41) is 8.72. The van der Waals surface area contributed by atoms with Gasteiger partial charge in [0.25, 0.3) is 10.0 Å². The van der Waals surface area contributed by atoms with Gasteiger partial charge in [0.2, 0.25) is 5.91 Å². The van der Waals surface area contributed by atoms with Crippen LogP contribution in [-0.4, -0.2) is 44.2 Å². The molecule has 0 aliphatic carbocycles. The molecule has 0 unspecified atom stereocenters. The lowest BCUT2D eigenvalue weighted by molar-refractivity contribution is -0.116. The summed E-state index contributed by atoms with van der Waals surface area (Å²) in [6.45, 7) is 4.18. The molecule has 0 spiro atoms. The Labute approximate surface area is 199 Å². The van der Waals surface area contributed by atoms with Crippen molar-refractivity contribution in [3.8, 4) is 11.3 Å². The van der Waals surface area contributed by atoms with E-state index in [-0.39, 0.29) is 10.8 Å². The minimum atomic E-state index is -3.80. The second-order valence-corrected chi connectivity index (χ2v) is 10.4. The zero-order chi connectivity index (χ0) is 23.7. The van der Waals surface area contributed by atoms with Gasteiger partial charge in [-0.15, -0.1) is 10.2 Å². The second-order valence-electron chi connectivity index (χ2n) is 8.72. The van der Waals surface area contributed by atoms with Crippen LogP contribution in [0.15, 0.2) is 59.5 Å². The molecule has 0 saturated carbocycles. The van der Waals surface area contributed by atoms with Crippen LogP contribution in [0.1, 0.15) is 31.7 Å². The Kier molecular flexibility index (Phi) is 5.95. The molecule has 1 aromatic heterocycles. The fourth-order valence-electron chi connectivity index (χ4n) is 4.62. The number of amides is 1. The number of carbonyl (C=O) groups is 1. The van der Waals surface area contributed by atoms with E-state index in [2.05, 4.69) is 19.8 Å². The van der Waals surface area contributed by atoms with Crippen molar-refractivity contribution in [2.75, 3.05) is 34.2 Å². The van der Waals surface area contributed by atoms with Crippen LogP contribution in [0.5, 0.6) is 0 Å². The van der Waals surface area contributed by atoms with Crippen molar-refractivity contribution < 1.29 is 13.2 Å². The van der Waals surface area contributed by atoms with Gasteiger partial charge in [0, 0.05) is 43.5 Å². The van der Waals surface area contributed by atoms with Crippen LogP contribution in [0, 0.1) is 0 Å². The van der Waals surface area contributed by atoms with Crippen molar-refractivity contribution in [1.29, 1.82) is 0 Å². The number of hydrogen-bond donors (Lipinski definition) is 1. The van der Waals surface area contributed by atoms with E-state index in [0.29, 0.717) is 17.9 Å². The first kappa shape index (κ1) is 22.3. The zero-order valence-corrected chi connectivity index (χ0v) is 19.9. The predicted molar refractivity (Wildman–Crippen MR) is 133 cm³/mol. The number of nitrogens with one attached hydrogen (secondary N) is 1. The lowest BCUT2D eigenvalue weighted by Crippen LogP contribution is -2.33. The highest BCUT2D eigenvalue weighted by Gasteiger charge is 2.23.